The first-order chi connectivity index (χ1) is 12.1. The molecule has 0 spiro atoms. The summed E-state index contributed by atoms with van der Waals surface area (Å²) in [7, 11) is 0. The molecule has 136 valence electrons. The van der Waals surface area contributed by atoms with Gasteiger partial charge in [0.05, 0.1) is 13.2 Å². The first kappa shape index (κ1) is 17.8. The van der Waals surface area contributed by atoms with E-state index in [0.29, 0.717) is 45.0 Å². The van der Waals surface area contributed by atoms with Gasteiger partial charge in [-0.25, -0.2) is 4.39 Å². The maximum atomic E-state index is 13.8. The predicted octanol–water partition coefficient (Wildman–Crippen LogP) is 0.765. The standard InChI is InChI=1S/C18H24FN3O3/c19-16-6-2-1-4-14(16)12-21-7-3-5-15(13-21)20-17(23)18(24)22-8-10-25-11-9-22/h1-2,4,6,15H,3,5,7-13H2,(H,20,23)/t15-/m1/s1. The van der Waals surface area contributed by atoms with Crippen LogP contribution >= 0.6 is 0 Å². The molecular formula is C18H24FN3O3. The summed E-state index contributed by atoms with van der Waals surface area (Å²) < 4.78 is 19.0. The van der Waals surface area contributed by atoms with Gasteiger partial charge in [0.2, 0.25) is 0 Å². The van der Waals surface area contributed by atoms with E-state index in [1.54, 1.807) is 12.1 Å². The monoisotopic (exact) mass is 349 g/mol. The van der Waals surface area contributed by atoms with E-state index in [1.165, 1.54) is 11.0 Å². The third kappa shape index (κ3) is 4.76. The number of carbonyl (C=O) groups is 2. The molecule has 0 unspecified atom stereocenters. The van der Waals surface area contributed by atoms with Gasteiger partial charge >= 0.3 is 11.8 Å². The minimum absolute atomic E-state index is 0.0852. The summed E-state index contributed by atoms with van der Waals surface area (Å²) in [4.78, 5) is 28.0. The van der Waals surface area contributed by atoms with Gasteiger partial charge in [0, 0.05) is 37.8 Å². The largest absolute Gasteiger partial charge is 0.378 e. The van der Waals surface area contributed by atoms with Crippen molar-refractivity contribution < 1.29 is 18.7 Å². The normalized spacial score (nSPS) is 21.8. The Hall–Kier alpha value is -1.99. The van der Waals surface area contributed by atoms with Gasteiger partial charge in [0.1, 0.15) is 5.82 Å². The molecular weight excluding hydrogens is 325 g/mol. The third-order valence-corrected chi connectivity index (χ3v) is 4.69. The number of nitrogens with zero attached hydrogens (tertiary/aromatic N) is 2. The molecule has 6 nitrogen and oxygen atoms in total. The molecule has 7 heteroatoms. The van der Waals surface area contributed by atoms with E-state index < -0.39 is 11.8 Å². The Balaban J connectivity index is 1.51. The van der Waals surface area contributed by atoms with Gasteiger partial charge < -0.3 is 15.0 Å². The minimum atomic E-state index is -0.556. The van der Waals surface area contributed by atoms with E-state index in [0.717, 1.165) is 19.4 Å². The Morgan fingerprint density at radius 3 is 2.72 bits per heavy atom. The molecule has 25 heavy (non-hydrogen) atoms. The van der Waals surface area contributed by atoms with Crippen LogP contribution in [0.15, 0.2) is 24.3 Å². The van der Waals surface area contributed by atoms with Crippen molar-refractivity contribution in [1.29, 1.82) is 0 Å². The number of hydrogen-bond acceptors (Lipinski definition) is 4. The average molecular weight is 349 g/mol. The van der Waals surface area contributed by atoms with Crippen LogP contribution in [-0.4, -0.2) is 67.0 Å². The fourth-order valence-corrected chi connectivity index (χ4v) is 3.34. The fraction of sp³-hybridized carbons (Fsp3) is 0.556. The van der Waals surface area contributed by atoms with Crippen LogP contribution in [0.1, 0.15) is 18.4 Å². The van der Waals surface area contributed by atoms with E-state index in [-0.39, 0.29) is 11.9 Å². The summed E-state index contributed by atoms with van der Waals surface area (Å²) in [6, 6.07) is 6.65. The molecule has 2 amide bonds. The molecule has 0 aromatic heterocycles. The van der Waals surface area contributed by atoms with Crippen molar-refractivity contribution in [1.82, 2.24) is 15.1 Å². The van der Waals surface area contributed by atoms with Gasteiger partial charge in [0.15, 0.2) is 0 Å². The third-order valence-electron chi connectivity index (χ3n) is 4.69. The predicted molar refractivity (Wildman–Crippen MR) is 90.2 cm³/mol. The lowest BCUT2D eigenvalue weighted by Crippen LogP contribution is -2.53. The van der Waals surface area contributed by atoms with Gasteiger partial charge in [-0.15, -0.1) is 0 Å². The summed E-state index contributed by atoms with van der Waals surface area (Å²) in [5.41, 5.74) is 0.652. The molecule has 2 fully saturated rings. The lowest BCUT2D eigenvalue weighted by Gasteiger charge is -2.33. The topological polar surface area (TPSA) is 61.9 Å². The van der Waals surface area contributed by atoms with E-state index >= 15 is 0 Å². The van der Waals surface area contributed by atoms with E-state index in [4.69, 9.17) is 4.74 Å². The highest BCUT2D eigenvalue weighted by Gasteiger charge is 2.28. The zero-order chi connectivity index (χ0) is 17.6. The van der Waals surface area contributed by atoms with E-state index in [1.807, 2.05) is 6.07 Å². The lowest BCUT2D eigenvalue weighted by molar-refractivity contribution is -0.149. The highest BCUT2D eigenvalue weighted by Crippen LogP contribution is 2.16. The summed E-state index contributed by atoms with van der Waals surface area (Å²) in [5, 5.41) is 2.84. The molecule has 0 aliphatic carbocycles. The Morgan fingerprint density at radius 1 is 1.20 bits per heavy atom. The number of carbonyl (C=O) groups excluding carboxylic acids is 2. The summed E-state index contributed by atoms with van der Waals surface area (Å²) in [6.45, 7) is 3.84. The summed E-state index contributed by atoms with van der Waals surface area (Å²) in [6.07, 6.45) is 1.74. The molecule has 1 aromatic rings. The van der Waals surface area contributed by atoms with Crippen molar-refractivity contribution in [2.45, 2.75) is 25.4 Å². The van der Waals surface area contributed by atoms with Crippen LogP contribution in [-0.2, 0) is 20.9 Å². The van der Waals surface area contributed by atoms with Gasteiger partial charge in [-0.05, 0) is 25.5 Å². The number of morpholine rings is 1. The lowest BCUT2D eigenvalue weighted by atomic mass is 10.0. The van der Waals surface area contributed by atoms with Crippen LogP contribution < -0.4 is 5.32 Å². The van der Waals surface area contributed by atoms with E-state index in [2.05, 4.69) is 10.2 Å². The molecule has 1 aromatic carbocycles. The van der Waals surface area contributed by atoms with Crippen LogP contribution in [0, 0.1) is 5.82 Å². The molecule has 2 saturated heterocycles. The number of halogens is 1. The minimum Gasteiger partial charge on any atom is -0.378 e. The molecule has 1 atom stereocenters. The van der Waals surface area contributed by atoms with Crippen molar-refractivity contribution >= 4 is 11.8 Å². The molecule has 1 N–H and O–H groups in total. The molecule has 2 aliphatic rings. The SMILES string of the molecule is O=C(N[C@@H]1CCCN(Cc2ccccc2F)C1)C(=O)N1CCOCC1. The number of benzene rings is 1. The molecule has 2 heterocycles. The van der Waals surface area contributed by atoms with Crippen LogP contribution in [0.3, 0.4) is 0 Å². The molecule has 0 radical (unpaired) electrons. The van der Waals surface area contributed by atoms with Crippen LogP contribution in [0.5, 0.6) is 0 Å². The number of rotatable bonds is 3. The van der Waals surface area contributed by atoms with Crippen LogP contribution in [0.25, 0.3) is 0 Å². The second-order valence-corrected chi connectivity index (χ2v) is 6.54. The first-order valence-electron chi connectivity index (χ1n) is 8.77. The van der Waals surface area contributed by atoms with Crippen LogP contribution in [0.4, 0.5) is 4.39 Å². The molecule has 0 bridgehead atoms. The van der Waals surface area contributed by atoms with Gasteiger partial charge in [-0.1, -0.05) is 18.2 Å². The second-order valence-electron chi connectivity index (χ2n) is 6.54. The van der Waals surface area contributed by atoms with Gasteiger partial charge in [0.25, 0.3) is 0 Å². The zero-order valence-electron chi connectivity index (χ0n) is 14.2. The van der Waals surface area contributed by atoms with Crippen LogP contribution in [0.2, 0.25) is 0 Å². The maximum absolute atomic E-state index is 13.8. The zero-order valence-corrected chi connectivity index (χ0v) is 14.2. The Bertz CT molecular complexity index is 619. The fourth-order valence-electron chi connectivity index (χ4n) is 3.34. The smallest absolute Gasteiger partial charge is 0.312 e. The quantitative estimate of drug-likeness (QED) is 0.819. The van der Waals surface area contributed by atoms with Crippen molar-refractivity contribution in [3.05, 3.63) is 35.6 Å². The average Bonchev–Trinajstić information content (AvgIpc) is 2.64. The van der Waals surface area contributed by atoms with Crippen molar-refractivity contribution in [3.8, 4) is 0 Å². The molecule has 3 rings (SSSR count). The Labute approximate surface area is 146 Å². The highest BCUT2D eigenvalue weighted by atomic mass is 19.1. The molecule has 2 aliphatic heterocycles. The Kier molecular flexibility index (Phi) is 5.99. The number of ether oxygens (including phenoxy) is 1. The highest BCUT2D eigenvalue weighted by molar-refractivity contribution is 6.35. The number of hydrogen-bond donors (Lipinski definition) is 1. The number of piperidine rings is 1. The summed E-state index contributed by atoms with van der Waals surface area (Å²) >= 11 is 0. The molecule has 0 saturated carbocycles. The summed E-state index contributed by atoms with van der Waals surface area (Å²) in [5.74, 6) is -1.26. The van der Waals surface area contributed by atoms with Gasteiger partial charge in [-0.3, -0.25) is 14.5 Å². The maximum Gasteiger partial charge on any atom is 0.312 e. The number of nitrogens with one attached hydrogen (secondary N) is 1. The van der Waals surface area contributed by atoms with E-state index in [9.17, 15) is 14.0 Å². The van der Waals surface area contributed by atoms with Gasteiger partial charge in [-0.2, -0.15) is 0 Å². The van der Waals surface area contributed by atoms with Crippen molar-refractivity contribution in [2.24, 2.45) is 0 Å². The number of likely N-dealkylation sites (tertiary alicyclic amines) is 1. The van der Waals surface area contributed by atoms with Crippen molar-refractivity contribution in [3.63, 3.8) is 0 Å². The first-order valence-corrected chi connectivity index (χ1v) is 8.77. The number of amides is 2. The Morgan fingerprint density at radius 2 is 1.96 bits per heavy atom. The van der Waals surface area contributed by atoms with Crippen molar-refractivity contribution in [2.75, 3.05) is 39.4 Å². The second kappa shape index (κ2) is 8.40.